The molecule has 0 radical (unpaired) electrons. The fourth-order valence-corrected chi connectivity index (χ4v) is 5.66. The minimum atomic E-state index is 0.00405. The molecule has 7 atom stereocenters. The van der Waals surface area contributed by atoms with Crippen LogP contribution in [-0.4, -0.2) is 49.5 Å². The zero-order valence-corrected chi connectivity index (χ0v) is 11.4. The van der Waals surface area contributed by atoms with Crippen LogP contribution in [0.2, 0.25) is 0 Å². The standard InChI is InChI=1S/C15H26N2O/c18-13-4-6-17-9-11-7-12(15(17)8-13)10-16-5-2-1-3-14(11)16/h11-15,18H,1-10H2/p+2. The first kappa shape index (κ1) is 11.7. The molecule has 4 fully saturated rings. The molecule has 4 aliphatic heterocycles. The van der Waals surface area contributed by atoms with Crippen LogP contribution in [0.15, 0.2) is 0 Å². The van der Waals surface area contributed by atoms with Gasteiger partial charge in [-0.25, -0.2) is 0 Å². The molecule has 18 heavy (non-hydrogen) atoms. The number of aliphatic hydroxyl groups excluding tert-OH is 1. The molecule has 3 N–H and O–H groups in total. The highest BCUT2D eigenvalue weighted by atomic mass is 16.3. The van der Waals surface area contributed by atoms with Crippen LogP contribution in [0.3, 0.4) is 0 Å². The molecule has 0 aromatic carbocycles. The van der Waals surface area contributed by atoms with Crippen LogP contribution in [0, 0.1) is 11.8 Å². The third-order valence-electron chi connectivity index (χ3n) is 6.43. The maximum Gasteiger partial charge on any atom is 0.0982 e. The summed E-state index contributed by atoms with van der Waals surface area (Å²) in [7, 11) is 0. The van der Waals surface area contributed by atoms with Gasteiger partial charge in [-0.15, -0.1) is 0 Å². The Hall–Kier alpha value is -0.120. The van der Waals surface area contributed by atoms with Crippen LogP contribution in [-0.2, 0) is 0 Å². The van der Waals surface area contributed by atoms with Crippen molar-refractivity contribution in [1.82, 2.24) is 0 Å². The number of fused-ring (bicyclic) bond motifs is 6. The predicted molar refractivity (Wildman–Crippen MR) is 69.7 cm³/mol. The molecule has 4 saturated heterocycles. The van der Waals surface area contributed by atoms with Gasteiger partial charge in [0.2, 0.25) is 0 Å². The van der Waals surface area contributed by atoms with Crippen LogP contribution in [0.25, 0.3) is 0 Å². The first-order valence-electron chi connectivity index (χ1n) is 8.18. The Kier molecular flexibility index (Phi) is 2.90. The van der Waals surface area contributed by atoms with Crippen molar-refractivity contribution in [2.24, 2.45) is 11.8 Å². The summed E-state index contributed by atoms with van der Waals surface area (Å²) in [5.74, 6) is 1.92. The molecule has 0 aromatic heterocycles. The maximum absolute atomic E-state index is 9.96. The minimum Gasteiger partial charge on any atom is -0.393 e. The zero-order valence-electron chi connectivity index (χ0n) is 11.4. The van der Waals surface area contributed by atoms with Gasteiger partial charge in [-0.1, -0.05) is 0 Å². The number of rotatable bonds is 0. The summed E-state index contributed by atoms with van der Waals surface area (Å²) in [6, 6.07) is 1.79. The topological polar surface area (TPSA) is 29.1 Å². The number of piperidine rings is 4. The summed E-state index contributed by atoms with van der Waals surface area (Å²) >= 11 is 0. The van der Waals surface area contributed by atoms with Crippen LogP contribution in [0.5, 0.6) is 0 Å². The van der Waals surface area contributed by atoms with Crippen LogP contribution >= 0.6 is 0 Å². The summed E-state index contributed by atoms with van der Waals surface area (Å²) in [4.78, 5) is 3.78. The number of nitrogens with one attached hydrogen (secondary N) is 2. The van der Waals surface area contributed by atoms with Crippen molar-refractivity contribution in [1.29, 1.82) is 0 Å². The molecular formula is C15H28N2O+2. The van der Waals surface area contributed by atoms with E-state index in [0.717, 1.165) is 36.8 Å². The Labute approximate surface area is 110 Å². The average Bonchev–Trinajstić information content (AvgIpc) is 2.40. The molecule has 0 amide bonds. The molecule has 0 spiro atoms. The number of aliphatic hydroxyl groups is 1. The van der Waals surface area contributed by atoms with E-state index in [1.54, 1.807) is 0 Å². The number of quaternary nitrogens is 2. The highest BCUT2D eigenvalue weighted by Crippen LogP contribution is 2.29. The van der Waals surface area contributed by atoms with Gasteiger partial charge in [0.15, 0.2) is 0 Å². The van der Waals surface area contributed by atoms with E-state index in [1.165, 1.54) is 51.9 Å². The fraction of sp³-hybridized carbons (Fsp3) is 1.00. The van der Waals surface area contributed by atoms with Crippen molar-refractivity contribution in [3.63, 3.8) is 0 Å². The second kappa shape index (κ2) is 4.46. The monoisotopic (exact) mass is 252 g/mol. The Morgan fingerprint density at radius 2 is 1.56 bits per heavy atom. The molecule has 0 aliphatic carbocycles. The second-order valence-electron chi connectivity index (χ2n) is 7.37. The van der Waals surface area contributed by atoms with E-state index in [2.05, 4.69) is 0 Å². The maximum atomic E-state index is 9.96. The van der Waals surface area contributed by atoms with Gasteiger partial charge in [0.1, 0.15) is 0 Å². The van der Waals surface area contributed by atoms with Gasteiger partial charge in [-0.3, -0.25) is 0 Å². The molecule has 7 unspecified atom stereocenters. The molecule has 2 bridgehead atoms. The summed E-state index contributed by atoms with van der Waals surface area (Å²) in [5.41, 5.74) is 0. The van der Waals surface area contributed by atoms with Crippen molar-refractivity contribution in [3.8, 4) is 0 Å². The van der Waals surface area contributed by atoms with Crippen molar-refractivity contribution >= 4 is 0 Å². The molecule has 102 valence electrons. The first-order valence-corrected chi connectivity index (χ1v) is 8.18. The van der Waals surface area contributed by atoms with Gasteiger partial charge < -0.3 is 14.9 Å². The molecule has 4 rings (SSSR count). The third kappa shape index (κ3) is 1.83. The van der Waals surface area contributed by atoms with Crippen LogP contribution < -0.4 is 9.80 Å². The fourth-order valence-electron chi connectivity index (χ4n) is 5.66. The normalized spacial score (nSPS) is 55.5. The van der Waals surface area contributed by atoms with E-state index in [-0.39, 0.29) is 6.10 Å². The molecule has 0 saturated carbocycles. The van der Waals surface area contributed by atoms with E-state index in [4.69, 9.17) is 0 Å². The Balaban J connectivity index is 1.55. The molecular weight excluding hydrogens is 224 g/mol. The third-order valence-corrected chi connectivity index (χ3v) is 6.43. The second-order valence-corrected chi connectivity index (χ2v) is 7.37. The van der Waals surface area contributed by atoms with Gasteiger partial charge in [0.25, 0.3) is 0 Å². The highest BCUT2D eigenvalue weighted by molar-refractivity contribution is 4.88. The molecule has 4 heterocycles. The van der Waals surface area contributed by atoms with Gasteiger partial charge in [0, 0.05) is 19.3 Å². The van der Waals surface area contributed by atoms with Gasteiger partial charge in [-0.2, -0.15) is 0 Å². The SMILES string of the molecule is OC1CC[NH+]2CC3CC(C[NH+]4CCCCC34)C2C1. The van der Waals surface area contributed by atoms with Gasteiger partial charge in [-0.05, 0) is 19.3 Å². The minimum absolute atomic E-state index is 0.00405. The quantitative estimate of drug-likeness (QED) is 0.480. The summed E-state index contributed by atoms with van der Waals surface area (Å²) in [6.45, 7) is 5.51. The summed E-state index contributed by atoms with van der Waals surface area (Å²) in [5, 5.41) is 9.96. The lowest BCUT2D eigenvalue weighted by atomic mass is 9.70. The average molecular weight is 252 g/mol. The van der Waals surface area contributed by atoms with E-state index in [9.17, 15) is 5.11 Å². The van der Waals surface area contributed by atoms with E-state index >= 15 is 0 Å². The van der Waals surface area contributed by atoms with E-state index in [1.807, 2.05) is 9.80 Å². The van der Waals surface area contributed by atoms with Gasteiger partial charge >= 0.3 is 0 Å². The smallest absolute Gasteiger partial charge is 0.0982 e. The molecule has 3 heteroatoms. The zero-order chi connectivity index (χ0) is 12.1. The first-order chi connectivity index (χ1) is 8.81. The van der Waals surface area contributed by atoms with E-state index in [0.29, 0.717) is 0 Å². The van der Waals surface area contributed by atoms with Crippen molar-refractivity contribution < 1.29 is 14.9 Å². The molecule has 4 aliphatic rings. The predicted octanol–water partition coefficient (Wildman–Crippen LogP) is -1.52. The Bertz CT molecular complexity index is 322. The van der Waals surface area contributed by atoms with E-state index < -0.39 is 0 Å². The van der Waals surface area contributed by atoms with Crippen molar-refractivity contribution in [2.75, 3.05) is 26.2 Å². The highest BCUT2D eigenvalue weighted by Gasteiger charge is 2.52. The van der Waals surface area contributed by atoms with Crippen molar-refractivity contribution in [3.05, 3.63) is 0 Å². The Morgan fingerprint density at radius 3 is 2.44 bits per heavy atom. The lowest BCUT2D eigenvalue weighted by Gasteiger charge is -2.53. The summed E-state index contributed by atoms with van der Waals surface area (Å²) in [6.07, 6.45) is 8.05. The van der Waals surface area contributed by atoms with Crippen LogP contribution in [0.4, 0.5) is 0 Å². The number of hydrogen-bond acceptors (Lipinski definition) is 1. The number of hydrogen-bond donors (Lipinski definition) is 3. The van der Waals surface area contributed by atoms with Gasteiger partial charge in [0.05, 0.1) is 56.2 Å². The summed E-state index contributed by atoms with van der Waals surface area (Å²) < 4.78 is 0. The lowest BCUT2D eigenvalue weighted by Crippen LogP contribution is -3.26. The Morgan fingerprint density at radius 1 is 0.778 bits per heavy atom. The molecule has 3 nitrogen and oxygen atoms in total. The van der Waals surface area contributed by atoms with Crippen LogP contribution in [0.1, 0.15) is 38.5 Å². The molecule has 0 aromatic rings. The van der Waals surface area contributed by atoms with Crippen molar-refractivity contribution in [2.45, 2.75) is 56.7 Å². The largest absolute Gasteiger partial charge is 0.393 e. The lowest BCUT2D eigenvalue weighted by molar-refractivity contribution is -0.994.